The van der Waals surface area contributed by atoms with Crippen LogP contribution in [0.25, 0.3) is 0 Å². The molecule has 0 atom stereocenters. The van der Waals surface area contributed by atoms with Crippen LogP contribution in [0.2, 0.25) is 0 Å². The molecule has 0 aliphatic carbocycles. The molecule has 0 saturated heterocycles. The monoisotopic (exact) mass is 346 g/mol. The molecule has 1 heterocycles. The summed E-state index contributed by atoms with van der Waals surface area (Å²) in [6.45, 7) is 8.07. The highest BCUT2D eigenvalue weighted by atomic mass is 16.1. The fraction of sp³-hybridized carbons (Fsp3) is 0.190. The van der Waals surface area contributed by atoms with Gasteiger partial charge in [0, 0.05) is 23.8 Å². The maximum absolute atomic E-state index is 12.4. The zero-order valence-electron chi connectivity index (χ0n) is 15.4. The van der Waals surface area contributed by atoms with Crippen LogP contribution in [0.1, 0.15) is 32.6 Å². The van der Waals surface area contributed by atoms with Crippen molar-refractivity contribution in [1.82, 2.24) is 9.97 Å². The molecule has 0 unspecified atom stereocenters. The van der Waals surface area contributed by atoms with Gasteiger partial charge in [-0.2, -0.15) is 0 Å². The van der Waals surface area contributed by atoms with Crippen molar-refractivity contribution in [1.29, 1.82) is 0 Å². The highest BCUT2D eigenvalue weighted by Crippen LogP contribution is 2.18. The molecule has 0 bridgehead atoms. The van der Waals surface area contributed by atoms with Crippen LogP contribution in [0.15, 0.2) is 48.8 Å². The Morgan fingerprint density at radius 3 is 2.12 bits per heavy atom. The van der Waals surface area contributed by atoms with Gasteiger partial charge in [0.1, 0.15) is 0 Å². The number of nitrogens with zero attached hydrogens (tertiary/aromatic N) is 2. The average molecular weight is 346 g/mol. The van der Waals surface area contributed by atoms with E-state index in [-0.39, 0.29) is 5.91 Å². The van der Waals surface area contributed by atoms with Gasteiger partial charge in [0.05, 0.1) is 5.56 Å². The topological polar surface area (TPSA) is 66.9 Å². The second kappa shape index (κ2) is 7.35. The number of benzene rings is 2. The number of carbonyl (C=O) groups excluding carboxylic acids is 1. The number of nitrogens with one attached hydrogen (secondary N) is 2. The smallest absolute Gasteiger partial charge is 0.258 e. The first-order chi connectivity index (χ1) is 12.4. The third-order valence-corrected chi connectivity index (χ3v) is 4.02. The minimum absolute atomic E-state index is 0.227. The quantitative estimate of drug-likeness (QED) is 0.718. The van der Waals surface area contributed by atoms with Gasteiger partial charge in [-0.3, -0.25) is 4.79 Å². The molecule has 0 saturated carbocycles. The largest absolute Gasteiger partial charge is 0.324 e. The Hall–Kier alpha value is -3.21. The molecule has 2 N–H and O–H groups in total. The molecule has 3 rings (SSSR count). The van der Waals surface area contributed by atoms with Crippen LogP contribution in [-0.4, -0.2) is 15.9 Å². The third kappa shape index (κ3) is 4.25. The molecule has 26 heavy (non-hydrogen) atoms. The van der Waals surface area contributed by atoms with E-state index in [1.54, 1.807) is 0 Å². The van der Waals surface area contributed by atoms with Crippen molar-refractivity contribution in [2.45, 2.75) is 27.7 Å². The Bertz CT molecular complexity index is 928. The van der Waals surface area contributed by atoms with Crippen LogP contribution in [0, 0.1) is 27.7 Å². The summed E-state index contributed by atoms with van der Waals surface area (Å²) in [5.41, 5.74) is 6.64. The number of carbonyl (C=O) groups is 1. The molecule has 0 aliphatic rings. The lowest BCUT2D eigenvalue weighted by molar-refractivity contribution is 0.102. The van der Waals surface area contributed by atoms with E-state index in [0.717, 1.165) is 33.6 Å². The summed E-state index contributed by atoms with van der Waals surface area (Å²) in [7, 11) is 0. The van der Waals surface area contributed by atoms with Crippen LogP contribution >= 0.6 is 0 Å². The number of amides is 1. The van der Waals surface area contributed by atoms with Crippen LogP contribution in [-0.2, 0) is 0 Å². The van der Waals surface area contributed by atoms with Gasteiger partial charge in [0.2, 0.25) is 5.95 Å². The highest BCUT2D eigenvalue weighted by Gasteiger charge is 2.09. The highest BCUT2D eigenvalue weighted by molar-refractivity contribution is 6.04. The second-order valence-electron chi connectivity index (χ2n) is 6.57. The van der Waals surface area contributed by atoms with Crippen molar-refractivity contribution in [3.8, 4) is 0 Å². The van der Waals surface area contributed by atoms with E-state index in [0.29, 0.717) is 11.5 Å². The number of hydrogen-bond donors (Lipinski definition) is 2. The zero-order valence-corrected chi connectivity index (χ0v) is 15.4. The van der Waals surface area contributed by atoms with E-state index in [2.05, 4.69) is 26.7 Å². The molecular formula is C21H22N4O. The van der Waals surface area contributed by atoms with Crippen LogP contribution in [0.3, 0.4) is 0 Å². The lowest BCUT2D eigenvalue weighted by Crippen LogP contribution is -2.14. The lowest BCUT2D eigenvalue weighted by Gasteiger charge is -2.10. The predicted octanol–water partition coefficient (Wildman–Crippen LogP) is 4.71. The van der Waals surface area contributed by atoms with Gasteiger partial charge >= 0.3 is 0 Å². The van der Waals surface area contributed by atoms with Crippen molar-refractivity contribution in [3.63, 3.8) is 0 Å². The molecule has 0 spiro atoms. The number of anilines is 3. The Labute approximate surface area is 153 Å². The maximum Gasteiger partial charge on any atom is 0.258 e. The van der Waals surface area contributed by atoms with Gasteiger partial charge < -0.3 is 10.6 Å². The van der Waals surface area contributed by atoms with Gasteiger partial charge in [-0.05, 0) is 62.6 Å². The molecule has 5 nitrogen and oxygen atoms in total. The molecule has 0 radical (unpaired) electrons. The Balaban J connectivity index is 1.71. The fourth-order valence-corrected chi connectivity index (χ4v) is 2.83. The predicted molar refractivity (Wildman–Crippen MR) is 105 cm³/mol. The Kier molecular flexibility index (Phi) is 4.98. The van der Waals surface area contributed by atoms with Crippen LogP contribution < -0.4 is 10.6 Å². The van der Waals surface area contributed by atoms with E-state index < -0.39 is 0 Å². The first-order valence-electron chi connectivity index (χ1n) is 8.47. The molecule has 0 fully saturated rings. The summed E-state index contributed by atoms with van der Waals surface area (Å²) < 4.78 is 0. The van der Waals surface area contributed by atoms with Crippen LogP contribution in [0.5, 0.6) is 0 Å². The van der Waals surface area contributed by atoms with Crippen molar-refractivity contribution in [2.75, 3.05) is 10.6 Å². The number of aromatic nitrogens is 2. The van der Waals surface area contributed by atoms with Gasteiger partial charge in [0.15, 0.2) is 0 Å². The summed E-state index contributed by atoms with van der Waals surface area (Å²) >= 11 is 0. The fourth-order valence-electron chi connectivity index (χ4n) is 2.83. The number of rotatable bonds is 4. The third-order valence-electron chi connectivity index (χ3n) is 4.02. The van der Waals surface area contributed by atoms with Gasteiger partial charge in [0.25, 0.3) is 5.91 Å². The normalized spacial score (nSPS) is 10.5. The van der Waals surface area contributed by atoms with E-state index in [9.17, 15) is 4.79 Å². The molecule has 5 heteroatoms. The SMILES string of the molecule is Cc1cc(C)cc(Nc2ncc(C(=O)Nc3ccc(C)cc3C)cn2)c1. The standard InChI is InChI=1S/C21H22N4O/c1-13-5-6-19(16(4)8-13)25-20(26)17-11-22-21(23-12-17)24-18-9-14(2)7-15(3)10-18/h5-12H,1-4H3,(H,25,26)(H,22,23,24). The molecule has 3 aromatic rings. The van der Waals surface area contributed by atoms with Gasteiger partial charge in [-0.15, -0.1) is 0 Å². The van der Waals surface area contributed by atoms with Crippen molar-refractivity contribution >= 4 is 23.2 Å². The molecule has 1 aromatic heterocycles. The first-order valence-corrected chi connectivity index (χ1v) is 8.47. The summed E-state index contributed by atoms with van der Waals surface area (Å²) in [6.07, 6.45) is 3.05. The summed E-state index contributed by atoms with van der Waals surface area (Å²) in [4.78, 5) is 20.9. The summed E-state index contributed by atoms with van der Waals surface area (Å²) in [5, 5.41) is 6.06. The first kappa shape index (κ1) is 17.6. The summed E-state index contributed by atoms with van der Waals surface area (Å²) in [6, 6.07) is 12.1. The van der Waals surface area contributed by atoms with E-state index in [1.807, 2.05) is 58.0 Å². The second-order valence-corrected chi connectivity index (χ2v) is 6.57. The van der Waals surface area contributed by atoms with Gasteiger partial charge in [-0.25, -0.2) is 9.97 Å². The molecule has 0 aliphatic heterocycles. The molecule has 132 valence electrons. The zero-order chi connectivity index (χ0) is 18.7. The number of hydrogen-bond acceptors (Lipinski definition) is 4. The van der Waals surface area contributed by atoms with E-state index >= 15 is 0 Å². The van der Waals surface area contributed by atoms with Crippen molar-refractivity contribution in [3.05, 3.63) is 76.6 Å². The van der Waals surface area contributed by atoms with Crippen molar-refractivity contribution in [2.24, 2.45) is 0 Å². The van der Waals surface area contributed by atoms with E-state index in [4.69, 9.17) is 0 Å². The van der Waals surface area contributed by atoms with Crippen molar-refractivity contribution < 1.29 is 4.79 Å². The Morgan fingerprint density at radius 2 is 1.50 bits per heavy atom. The number of aryl methyl sites for hydroxylation is 4. The molecular weight excluding hydrogens is 324 g/mol. The van der Waals surface area contributed by atoms with Crippen LogP contribution in [0.4, 0.5) is 17.3 Å². The average Bonchev–Trinajstić information content (AvgIpc) is 2.57. The minimum atomic E-state index is -0.227. The minimum Gasteiger partial charge on any atom is -0.324 e. The summed E-state index contributed by atoms with van der Waals surface area (Å²) in [5.74, 6) is 0.230. The molecule has 2 aromatic carbocycles. The molecule has 1 amide bonds. The van der Waals surface area contributed by atoms with Gasteiger partial charge in [-0.1, -0.05) is 23.8 Å². The lowest BCUT2D eigenvalue weighted by atomic mass is 10.1. The van der Waals surface area contributed by atoms with E-state index in [1.165, 1.54) is 12.4 Å². The maximum atomic E-state index is 12.4. The Morgan fingerprint density at radius 1 is 0.846 bits per heavy atom.